The number of carbonyl (C=O) groups excluding carboxylic acids is 3. The Labute approximate surface area is 482 Å². The molecule has 0 aliphatic carbocycles. The fourth-order valence-corrected chi connectivity index (χ4v) is 9.13. The molecule has 0 aromatic carbocycles. The van der Waals surface area contributed by atoms with E-state index in [2.05, 4.69) is 130 Å². The molecule has 0 saturated heterocycles. The van der Waals surface area contributed by atoms with E-state index in [1.807, 2.05) is 0 Å². The molecular weight excluding hydrogens is 961 g/mol. The van der Waals surface area contributed by atoms with E-state index in [0.29, 0.717) is 19.3 Å². The van der Waals surface area contributed by atoms with Gasteiger partial charge in [0, 0.05) is 19.3 Å². The quantitative estimate of drug-likeness (QED) is 0.0261. The first kappa shape index (κ1) is 74.1. The maximum atomic E-state index is 12.9. The Kier molecular flexibility index (Phi) is 62.3. The van der Waals surface area contributed by atoms with E-state index >= 15 is 0 Å². The largest absolute Gasteiger partial charge is 0.462 e. The number of unbranched alkanes of at least 4 members (excludes halogenated alkanes) is 30. The molecule has 446 valence electrons. The van der Waals surface area contributed by atoms with Crippen LogP contribution >= 0.6 is 0 Å². The van der Waals surface area contributed by atoms with Gasteiger partial charge in [0.25, 0.3) is 0 Å². The summed E-state index contributed by atoms with van der Waals surface area (Å²) in [5.41, 5.74) is 0. The van der Waals surface area contributed by atoms with Crippen LogP contribution in [0.3, 0.4) is 0 Å². The lowest BCUT2D eigenvalue weighted by atomic mass is 10.0. The van der Waals surface area contributed by atoms with Crippen molar-refractivity contribution in [1.82, 2.24) is 0 Å². The number of ether oxygens (including phenoxy) is 3. The van der Waals surface area contributed by atoms with Crippen molar-refractivity contribution in [2.24, 2.45) is 0 Å². The summed E-state index contributed by atoms with van der Waals surface area (Å²) in [6.07, 6.45) is 89.7. The van der Waals surface area contributed by atoms with Gasteiger partial charge < -0.3 is 14.2 Å². The third-order valence-electron chi connectivity index (χ3n) is 14.0. The minimum Gasteiger partial charge on any atom is -0.462 e. The predicted octanol–water partition coefficient (Wildman–Crippen LogP) is 22.6. The lowest BCUT2D eigenvalue weighted by Gasteiger charge is -2.18. The number of esters is 3. The Balaban J connectivity index is 4.21. The Bertz CT molecular complexity index is 1570. The van der Waals surface area contributed by atoms with Gasteiger partial charge in [-0.15, -0.1) is 0 Å². The van der Waals surface area contributed by atoms with E-state index in [1.54, 1.807) is 0 Å². The fourth-order valence-electron chi connectivity index (χ4n) is 9.13. The zero-order chi connectivity index (χ0) is 56.4. The third kappa shape index (κ3) is 62.9. The normalized spacial score (nSPS) is 12.8. The van der Waals surface area contributed by atoms with Crippen molar-refractivity contribution in [1.29, 1.82) is 0 Å². The molecule has 0 fully saturated rings. The second-order valence-corrected chi connectivity index (χ2v) is 21.6. The zero-order valence-electron chi connectivity index (χ0n) is 51.2. The van der Waals surface area contributed by atoms with Crippen LogP contribution in [0.1, 0.15) is 310 Å². The van der Waals surface area contributed by atoms with Gasteiger partial charge in [-0.3, -0.25) is 14.4 Å². The van der Waals surface area contributed by atoms with Gasteiger partial charge >= 0.3 is 17.9 Å². The predicted molar refractivity (Wildman–Crippen MR) is 339 cm³/mol. The van der Waals surface area contributed by atoms with Crippen molar-refractivity contribution in [2.75, 3.05) is 13.2 Å². The monoisotopic (exact) mass is 1080 g/mol. The molecule has 0 heterocycles. The van der Waals surface area contributed by atoms with Crippen molar-refractivity contribution in [3.63, 3.8) is 0 Å². The number of hydrogen-bond acceptors (Lipinski definition) is 6. The van der Waals surface area contributed by atoms with Crippen LogP contribution in [-0.4, -0.2) is 37.2 Å². The molecule has 0 aliphatic heterocycles. The summed E-state index contributed by atoms with van der Waals surface area (Å²) >= 11 is 0. The zero-order valence-corrected chi connectivity index (χ0v) is 51.2. The summed E-state index contributed by atoms with van der Waals surface area (Å²) in [5, 5.41) is 0. The standard InChI is InChI=1S/C72H122O6/c1-4-7-10-13-16-19-22-25-27-29-30-31-32-33-34-35-36-37-38-39-40-41-42-43-45-47-50-53-56-59-62-65-71(74)77-68-69(67-76-70(73)64-61-58-55-52-49-46-24-21-18-15-12-9-6-3)78-72(75)66-63-60-57-54-51-48-44-28-26-23-20-17-14-11-8-5-2/h7,9-10,12,16,18-21,23,25,27-28,30-31,44,46,49,69H,4-6,8,11,13-15,17,22,24,26,29,32-43,45,47-48,50-68H2,1-3H3/b10-7-,12-9-,19-16-,21-18-,23-20-,27-25-,31-30-,44-28-,49-46-. The fraction of sp³-hybridized carbons (Fsp3) is 0.708. The minimum atomic E-state index is -0.798. The van der Waals surface area contributed by atoms with Gasteiger partial charge in [0.15, 0.2) is 6.10 Å². The minimum absolute atomic E-state index is 0.0916. The number of allylic oxidation sites excluding steroid dienone is 18. The summed E-state index contributed by atoms with van der Waals surface area (Å²) in [5.74, 6) is -0.927. The maximum absolute atomic E-state index is 12.9. The molecule has 0 radical (unpaired) electrons. The Morgan fingerprint density at radius 1 is 0.269 bits per heavy atom. The molecule has 78 heavy (non-hydrogen) atoms. The molecule has 1 unspecified atom stereocenters. The molecule has 0 aromatic heterocycles. The van der Waals surface area contributed by atoms with E-state index < -0.39 is 6.10 Å². The number of carbonyl (C=O) groups is 3. The van der Waals surface area contributed by atoms with Crippen molar-refractivity contribution in [2.45, 2.75) is 316 Å². The first-order chi connectivity index (χ1) is 38.5. The number of hydrogen-bond donors (Lipinski definition) is 0. The highest BCUT2D eigenvalue weighted by atomic mass is 16.6. The summed E-state index contributed by atoms with van der Waals surface area (Å²) in [7, 11) is 0. The Hall–Kier alpha value is -3.93. The molecule has 0 spiro atoms. The van der Waals surface area contributed by atoms with Crippen molar-refractivity contribution in [3.8, 4) is 0 Å². The van der Waals surface area contributed by atoms with Crippen LogP contribution in [0.25, 0.3) is 0 Å². The summed E-state index contributed by atoms with van der Waals surface area (Å²) < 4.78 is 16.9. The van der Waals surface area contributed by atoms with Crippen LogP contribution < -0.4 is 0 Å². The van der Waals surface area contributed by atoms with E-state index in [9.17, 15) is 14.4 Å². The molecule has 0 saturated carbocycles. The van der Waals surface area contributed by atoms with Crippen molar-refractivity contribution < 1.29 is 28.6 Å². The lowest BCUT2D eigenvalue weighted by molar-refractivity contribution is -0.167. The summed E-state index contributed by atoms with van der Waals surface area (Å²) in [6.45, 7) is 6.38. The van der Waals surface area contributed by atoms with Crippen LogP contribution in [0, 0.1) is 0 Å². The molecule has 0 bridgehead atoms. The van der Waals surface area contributed by atoms with Gasteiger partial charge in [-0.2, -0.15) is 0 Å². The highest BCUT2D eigenvalue weighted by Crippen LogP contribution is 2.17. The van der Waals surface area contributed by atoms with Gasteiger partial charge in [0.05, 0.1) is 0 Å². The molecular formula is C72H122O6. The smallest absolute Gasteiger partial charge is 0.306 e. The molecule has 6 nitrogen and oxygen atoms in total. The molecule has 0 N–H and O–H groups in total. The topological polar surface area (TPSA) is 78.9 Å². The third-order valence-corrected chi connectivity index (χ3v) is 14.0. The molecule has 0 rings (SSSR count). The lowest BCUT2D eigenvalue weighted by Crippen LogP contribution is -2.30. The van der Waals surface area contributed by atoms with E-state index in [0.717, 1.165) is 135 Å². The van der Waals surface area contributed by atoms with E-state index in [-0.39, 0.29) is 31.1 Å². The summed E-state index contributed by atoms with van der Waals surface area (Å²) in [6, 6.07) is 0. The first-order valence-electron chi connectivity index (χ1n) is 32.9. The molecule has 0 amide bonds. The SMILES string of the molecule is CC/C=C\C/C=C\C/C=C\C/C=C\CCCCCCCCCCCCCCCCCCCCC(=O)OCC(COC(=O)CCCCC/C=C\C/C=C\C/C=C\CC)OC(=O)CCCCCCC/C=C\C/C=C\CCCCCC. The second-order valence-electron chi connectivity index (χ2n) is 21.6. The molecule has 1 atom stereocenters. The average molecular weight is 1080 g/mol. The van der Waals surface area contributed by atoms with E-state index in [4.69, 9.17) is 14.2 Å². The van der Waals surface area contributed by atoms with Crippen LogP contribution in [0.2, 0.25) is 0 Å². The maximum Gasteiger partial charge on any atom is 0.306 e. The van der Waals surface area contributed by atoms with Gasteiger partial charge in [-0.1, -0.05) is 278 Å². The van der Waals surface area contributed by atoms with Crippen molar-refractivity contribution in [3.05, 3.63) is 109 Å². The van der Waals surface area contributed by atoms with Crippen molar-refractivity contribution >= 4 is 17.9 Å². The van der Waals surface area contributed by atoms with E-state index in [1.165, 1.54) is 135 Å². The van der Waals surface area contributed by atoms with Crippen LogP contribution in [-0.2, 0) is 28.6 Å². The highest BCUT2D eigenvalue weighted by molar-refractivity contribution is 5.71. The van der Waals surface area contributed by atoms with Crippen LogP contribution in [0.4, 0.5) is 0 Å². The van der Waals surface area contributed by atoms with Gasteiger partial charge in [0.2, 0.25) is 0 Å². The van der Waals surface area contributed by atoms with Gasteiger partial charge in [0.1, 0.15) is 13.2 Å². The first-order valence-corrected chi connectivity index (χ1v) is 32.9. The Morgan fingerprint density at radius 3 is 0.795 bits per heavy atom. The van der Waals surface area contributed by atoms with Gasteiger partial charge in [-0.25, -0.2) is 0 Å². The van der Waals surface area contributed by atoms with Gasteiger partial charge in [-0.05, 0) is 122 Å². The molecule has 6 heteroatoms. The Morgan fingerprint density at radius 2 is 0.500 bits per heavy atom. The van der Waals surface area contributed by atoms with Crippen LogP contribution in [0.15, 0.2) is 109 Å². The molecule has 0 aliphatic rings. The van der Waals surface area contributed by atoms with Crippen LogP contribution in [0.5, 0.6) is 0 Å². The highest BCUT2D eigenvalue weighted by Gasteiger charge is 2.19. The summed E-state index contributed by atoms with van der Waals surface area (Å²) in [4.78, 5) is 38.3. The average Bonchev–Trinajstić information content (AvgIpc) is 3.44. The number of rotatable bonds is 59. The molecule has 0 aromatic rings. The second kappa shape index (κ2) is 65.6.